The fraction of sp³-hybridized carbons (Fsp3) is 0.500. The van der Waals surface area contributed by atoms with Crippen LogP contribution in [0.2, 0.25) is 0 Å². The van der Waals surface area contributed by atoms with Crippen LogP contribution in [0.3, 0.4) is 0 Å². The van der Waals surface area contributed by atoms with Crippen molar-refractivity contribution in [3.63, 3.8) is 0 Å². The lowest BCUT2D eigenvalue weighted by Crippen LogP contribution is -2.13. The molecule has 2 aromatic rings. The van der Waals surface area contributed by atoms with Crippen LogP contribution in [-0.2, 0) is 0 Å². The van der Waals surface area contributed by atoms with E-state index < -0.39 is 0 Å². The van der Waals surface area contributed by atoms with E-state index in [1.54, 1.807) is 0 Å². The lowest BCUT2D eigenvalue weighted by molar-refractivity contribution is 0.309. The minimum Gasteiger partial charge on any atom is -0.256 e. The molecule has 1 aliphatic carbocycles. The Bertz CT molecular complexity index is 533. The second-order valence-corrected chi connectivity index (χ2v) is 5.92. The normalized spacial score (nSPS) is 23.6. The summed E-state index contributed by atoms with van der Waals surface area (Å²) in [5, 5.41) is 1.36. The molecule has 0 saturated heterocycles. The molecule has 0 atom stereocenters. The van der Waals surface area contributed by atoms with E-state index >= 15 is 0 Å². The maximum absolute atomic E-state index is 4.48. The van der Waals surface area contributed by atoms with Gasteiger partial charge in [-0.1, -0.05) is 38.0 Å². The molecule has 0 aliphatic heterocycles. The Hall–Kier alpha value is -1.37. The van der Waals surface area contributed by atoms with Crippen LogP contribution >= 0.6 is 0 Å². The smallest absolute Gasteiger partial charge is 0.0704 e. The zero-order valence-electron chi connectivity index (χ0n) is 11.8. The van der Waals surface area contributed by atoms with Crippen molar-refractivity contribution in [1.29, 1.82) is 0 Å². The lowest BCUT2D eigenvalue weighted by Gasteiger charge is -2.29. The van der Waals surface area contributed by atoms with Gasteiger partial charge in [-0.25, -0.2) is 0 Å². The number of fused-ring (bicyclic) bond motifs is 1. The zero-order valence-corrected chi connectivity index (χ0v) is 11.8. The third kappa shape index (κ3) is 2.65. The van der Waals surface area contributed by atoms with Crippen LogP contribution in [0.25, 0.3) is 10.9 Å². The minimum absolute atomic E-state index is 0.751. The number of rotatable bonds is 3. The summed E-state index contributed by atoms with van der Waals surface area (Å²) in [6, 6.07) is 10.8. The molecular formula is C18H23N. The highest BCUT2D eigenvalue weighted by Gasteiger charge is 2.22. The predicted octanol–water partition coefficient (Wildman–Crippen LogP) is 5.31. The first-order valence-electron chi connectivity index (χ1n) is 7.72. The molecule has 1 aromatic carbocycles. The van der Waals surface area contributed by atoms with Gasteiger partial charge in [0.2, 0.25) is 0 Å². The van der Waals surface area contributed by atoms with Gasteiger partial charge >= 0.3 is 0 Å². The molecule has 100 valence electrons. The van der Waals surface area contributed by atoms with Crippen molar-refractivity contribution in [3.8, 4) is 0 Å². The Balaban J connectivity index is 1.82. The van der Waals surface area contributed by atoms with Gasteiger partial charge in [0.15, 0.2) is 0 Å². The molecule has 1 fully saturated rings. The van der Waals surface area contributed by atoms with Crippen molar-refractivity contribution in [2.45, 2.75) is 51.4 Å². The van der Waals surface area contributed by atoms with Crippen LogP contribution in [0.15, 0.2) is 36.5 Å². The van der Waals surface area contributed by atoms with Crippen molar-refractivity contribution in [3.05, 3.63) is 42.1 Å². The quantitative estimate of drug-likeness (QED) is 0.722. The molecule has 0 N–H and O–H groups in total. The molecule has 1 nitrogen and oxygen atoms in total. The maximum atomic E-state index is 4.48. The van der Waals surface area contributed by atoms with Crippen LogP contribution in [0.4, 0.5) is 0 Å². The fourth-order valence-electron chi connectivity index (χ4n) is 3.64. The highest BCUT2D eigenvalue weighted by Crippen LogP contribution is 2.39. The summed E-state index contributed by atoms with van der Waals surface area (Å²) in [7, 11) is 0. The van der Waals surface area contributed by atoms with E-state index in [1.807, 2.05) is 6.20 Å². The summed E-state index contributed by atoms with van der Waals surface area (Å²) < 4.78 is 0. The Morgan fingerprint density at radius 3 is 2.63 bits per heavy atom. The van der Waals surface area contributed by atoms with E-state index in [0.717, 1.165) is 17.4 Å². The van der Waals surface area contributed by atoms with Crippen molar-refractivity contribution in [1.82, 2.24) is 4.98 Å². The van der Waals surface area contributed by atoms with E-state index in [4.69, 9.17) is 0 Å². The number of para-hydroxylation sites is 1. The van der Waals surface area contributed by atoms with Crippen molar-refractivity contribution in [2.75, 3.05) is 0 Å². The fourth-order valence-corrected chi connectivity index (χ4v) is 3.64. The summed E-state index contributed by atoms with van der Waals surface area (Å²) >= 11 is 0. The lowest BCUT2D eigenvalue weighted by atomic mass is 9.76. The van der Waals surface area contributed by atoms with Crippen molar-refractivity contribution < 1.29 is 0 Å². The average Bonchev–Trinajstić information content (AvgIpc) is 2.48. The highest BCUT2D eigenvalue weighted by atomic mass is 14.6. The number of hydrogen-bond acceptors (Lipinski definition) is 1. The topological polar surface area (TPSA) is 12.9 Å². The highest BCUT2D eigenvalue weighted by molar-refractivity contribution is 5.82. The first-order valence-corrected chi connectivity index (χ1v) is 7.72. The first kappa shape index (κ1) is 12.7. The van der Waals surface area contributed by atoms with E-state index in [2.05, 4.69) is 42.2 Å². The second-order valence-electron chi connectivity index (χ2n) is 5.92. The molecule has 1 aromatic heterocycles. The number of aromatic nitrogens is 1. The largest absolute Gasteiger partial charge is 0.256 e. The minimum atomic E-state index is 0.751. The van der Waals surface area contributed by atoms with Gasteiger partial charge in [0, 0.05) is 11.6 Å². The van der Waals surface area contributed by atoms with Gasteiger partial charge in [-0.3, -0.25) is 4.98 Å². The van der Waals surface area contributed by atoms with Gasteiger partial charge in [0.05, 0.1) is 5.52 Å². The third-order valence-electron chi connectivity index (χ3n) is 4.67. The second kappa shape index (κ2) is 5.73. The van der Waals surface area contributed by atoms with Crippen molar-refractivity contribution in [2.24, 2.45) is 5.92 Å². The Morgan fingerprint density at radius 2 is 1.84 bits per heavy atom. The van der Waals surface area contributed by atoms with Gasteiger partial charge in [-0.15, -0.1) is 0 Å². The Morgan fingerprint density at radius 1 is 1.05 bits per heavy atom. The molecule has 1 aliphatic rings. The van der Waals surface area contributed by atoms with Gasteiger partial charge in [-0.05, 0) is 55.2 Å². The molecule has 0 bridgehead atoms. The summed E-state index contributed by atoms with van der Waals surface area (Å²) in [6.45, 7) is 2.31. The van der Waals surface area contributed by atoms with Crippen LogP contribution in [0.1, 0.15) is 56.9 Å². The predicted molar refractivity (Wildman–Crippen MR) is 81.4 cm³/mol. The standard InChI is InChI=1S/C18H23N/c1-2-5-14-8-10-15(11-9-14)16-12-13-19-18-7-4-3-6-17(16)18/h3-4,6-7,12-15H,2,5,8-11H2,1H3. The molecule has 0 unspecified atom stereocenters. The molecule has 19 heavy (non-hydrogen) atoms. The zero-order chi connectivity index (χ0) is 13.1. The van der Waals surface area contributed by atoms with Crippen LogP contribution < -0.4 is 0 Å². The molecular weight excluding hydrogens is 230 g/mol. The molecule has 0 radical (unpaired) electrons. The number of hydrogen-bond donors (Lipinski definition) is 0. The third-order valence-corrected chi connectivity index (χ3v) is 4.67. The number of pyridine rings is 1. The molecule has 3 rings (SSSR count). The molecule has 1 heteroatoms. The summed E-state index contributed by atoms with van der Waals surface area (Å²) in [5.74, 6) is 1.73. The van der Waals surface area contributed by atoms with Crippen LogP contribution in [0, 0.1) is 5.92 Å². The Kier molecular flexibility index (Phi) is 3.82. The van der Waals surface area contributed by atoms with Crippen molar-refractivity contribution >= 4 is 10.9 Å². The van der Waals surface area contributed by atoms with Gasteiger partial charge in [-0.2, -0.15) is 0 Å². The first-order chi connectivity index (χ1) is 9.38. The summed E-state index contributed by atoms with van der Waals surface area (Å²) in [4.78, 5) is 4.48. The monoisotopic (exact) mass is 253 g/mol. The van der Waals surface area contributed by atoms with Gasteiger partial charge in [0.25, 0.3) is 0 Å². The maximum Gasteiger partial charge on any atom is 0.0704 e. The van der Waals surface area contributed by atoms with Gasteiger partial charge < -0.3 is 0 Å². The van der Waals surface area contributed by atoms with Crippen LogP contribution in [0.5, 0.6) is 0 Å². The average molecular weight is 253 g/mol. The van der Waals surface area contributed by atoms with E-state index in [9.17, 15) is 0 Å². The van der Waals surface area contributed by atoms with E-state index in [-0.39, 0.29) is 0 Å². The van der Waals surface area contributed by atoms with E-state index in [0.29, 0.717) is 0 Å². The molecule has 1 heterocycles. The Labute approximate surface area is 116 Å². The SMILES string of the molecule is CCCC1CCC(c2ccnc3ccccc23)CC1. The summed E-state index contributed by atoms with van der Waals surface area (Å²) in [5.41, 5.74) is 2.68. The van der Waals surface area contributed by atoms with E-state index in [1.165, 1.54) is 49.5 Å². The molecule has 0 spiro atoms. The van der Waals surface area contributed by atoms with Gasteiger partial charge in [0.1, 0.15) is 0 Å². The molecule has 0 amide bonds. The van der Waals surface area contributed by atoms with Crippen LogP contribution in [-0.4, -0.2) is 4.98 Å². The molecule has 1 saturated carbocycles. The number of benzene rings is 1. The summed E-state index contributed by atoms with van der Waals surface area (Å²) in [6.07, 6.45) is 10.3. The number of nitrogens with zero attached hydrogens (tertiary/aromatic N) is 1.